The van der Waals surface area contributed by atoms with Gasteiger partial charge in [-0.2, -0.15) is 0 Å². The SMILES string of the molecule is Brc1cccc(-c2cc(C3=CNCC=C3)cc(C3=CC=CNC3)c2)c1. The van der Waals surface area contributed by atoms with Gasteiger partial charge in [-0.3, -0.25) is 0 Å². The quantitative estimate of drug-likeness (QED) is 0.759. The van der Waals surface area contributed by atoms with Crippen LogP contribution in [0.1, 0.15) is 11.1 Å². The topological polar surface area (TPSA) is 24.1 Å². The van der Waals surface area contributed by atoms with E-state index in [2.05, 4.69) is 99.5 Å². The van der Waals surface area contributed by atoms with Gasteiger partial charge in [-0.25, -0.2) is 0 Å². The van der Waals surface area contributed by atoms with E-state index in [1.54, 1.807) is 0 Å². The Labute approximate surface area is 156 Å². The highest BCUT2D eigenvalue weighted by molar-refractivity contribution is 9.10. The van der Waals surface area contributed by atoms with E-state index in [0.717, 1.165) is 17.6 Å². The predicted octanol–water partition coefficient (Wildman–Crippen LogP) is 5.12. The highest BCUT2D eigenvalue weighted by Crippen LogP contribution is 2.31. The molecule has 2 aliphatic rings. The van der Waals surface area contributed by atoms with Crippen molar-refractivity contribution < 1.29 is 0 Å². The third-order valence-electron chi connectivity index (χ3n) is 4.39. The molecular weight excluding hydrogens is 372 g/mol. The van der Waals surface area contributed by atoms with Crippen LogP contribution in [0.5, 0.6) is 0 Å². The molecule has 4 rings (SSSR count). The Morgan fingerprint density at radius 2 is 1.76 bits per heavy atom. The van der Waals surface area contributed by atoms with Gasteiger partial charge in [0.15, 0.2) is 0 Å². The molecule has 2 aromatic carbocycles. The van der Waals surface area contributed by atoms with Gasteiger partial charge >= 0.3 is 0 Å². The van der Waals surface area contributed by atoms with Crippen molar-refractivity contribution in [3.05, 3.63) is 94.8 Å². The van der Waals surface area contributed by atoms with Crippen LogP contribution in [0.3, 0.4) is 0 Å². The Morgan fingerprint density at radius 3 is 2.52 bits per heavy atom. The van der Waals surface area contributed by atoms with Crippen LogP contribution in [0, 0.1) is 0 Å². The van der Waals surface area contributed by atoms with Crippen LogP contribution >= 0.6 is 15.9 Å². The summed E-state index contributed by atoms with van der Waals surface area (Å²) in [6.45, 7) is 1.74. The van der Waals surface area contributed by atoms with Crippen molar-refractivity contribution in [3.8, 4) is 11.1 Å². The minimum Gasteiger partial charge on any atom is -0.387 e. The average Bonchev–Trinajstić information content (AvgIpc) is 2.69. The summed E-state index contributed by atoms with van der Waals surface area (Å²) in [6, 6.07) is 15.3. The molecule has 0 fully saturated rings. The minimum absolute atomic E-state index is 0.852. The molecule has 2 aromatic rings. The normalized spacial score (nSPS) is 15.9. The van der Waals surface area contributed by atoms with Crippen molar-refractivity contribution in [1.29, 1.82) is 0 Å². The van der Waals surface area contributed by atoms with E-state index in [9.17, 15) is 0 Å². The molecule has 0 atom stereocenters. The fraction of sp³-hybridized carbons (Fsp3) is 0.0909. The summed E-state index contributed by atoms with van der Waals surface area (Å²) < 4.78 is 1.09. The van der Waals surface area contributed by atoms with Crippen molar-refractivity contribution in [2.75, 3.05) is 13.1 Å². The molecule has 2 aliphatic heterocycles. The number of dihydropyridines is 2. The fourth-order valence-corrected chi connectivity index (χ4v) is 3.52. The van der Waals surface area contributed by atoms with Gasteiger partial charge in [-0.1, -0.05) is 46.3 Å². The molecule has 124 valence electrons. The van der Waals surface area contributed by atoms with Crippen molar-refractivity contribution in [1.82, 2.24) is 10.6 Å². The fourth-order valence-electron chi connectivity index (χ4n) is 3.12. The Morgan fingerprint density at radius 1 is 0.880 bits per heavy atom. The number of halogens is 1. The molecule has 0 saturated heterocycles. The summed E-state index contributed by atoms with van der Waals surface area (Å²) in [4.78, 5) is 0. The number of hydrogen-bond donors (Lipinski definition) is 2. The maximum absolute atomic E-state index is 3.59. The van der Waals surface area contributed by atoms with Crippen LogP contribution in [0.4, 0.5) is 0 Å². The lowest BCUT2D eigenvalue weighted by Crippen LogP contribution is -2.12. The maximum Gasteiger partial charge on any atom is 0.0401 e. The van der Waals surface area contributed by atoms with E-state index in [1.165, 1.54) is 33.4 Å². The van der Waals surface area contributed by atoms with Gasteiger partial charge in [0.2, 0.25) is 0 Å². The van der Waals surface area contributed by atoms with E-state index in [0.29, 0.717) is 0 Å². The van der Waals surface area contributed by atoms with Gasteiger partial charge in [0.1, 0.15) is 0 Å². The molecule has 0 amide bonds. The van der Waals surface area contributed by atoms with E-state index in [4.69, 9.17) is 0 Å². The number of nitrogens with one attached hydrogen (secondary N) is 2. The molecular formula is C22H19BrN2. The first kappa shape index (κ1) is 16.0. The second-order valence-corrected chi connectivity index (χ2v) is 7.07. The highest BCUT2D eigenvalue weighted by Gasteiger charge is 2.11. The molecule has 0 spiro atoms. The van der Waals surface area contributed by atoms with E-state index in [-0.39, 0.29) is 0 Å². The van der Waals surface area contributed by atoms with Crippen LogP contribution in [-0.2, 0) is 0 Å². The van der Waals surface area contributed by atoms with Gasteiger partial charge in [-0.15, -0.1) is 0 Å². The van der Waals surface area contributed by atoms with E-state index >= 15 is 0 Å². The minimum atomic E-state index is 0.852. The summed E-state index contributed by atoms with van der Waals surface area (Å²) in [7, 11) is 0. The van der Waals surface area contributed by atoms with Crippen LogP contribution in [0.2, 0.25) is 0 Å². The van der Waals surface area contributed by atoms with Crippen molar-refractivity contribution in [2.24, 2.45) is 0 Å². The van der Waals surface area contributed by atoms with Crippen molar-refractivity contribution in [3.63, 3.8) is 0 Å². The average molecular weight is 391 g/mol. The molecule has 0 aromatic heterocycles. The van der Waals surface area contributed by atoms with Gasteiger partial charge in [-0.05, 0) is 76.0 Å². The molecule has 0 saturated carbocycles. The zero-order valence-electron chi connectivity index (χ0n) is 13.8. The first-order valence-electron chi connectivity index (χ1n) is 8.40. The number of hydrogen-bond acceptors (Lipinski definition) is 2. The van der Waals surface area contributed by atoms with Gasteiger partial charge in [0.25, 0.3) is 0 Å². The molecule has 2 heterocycles. The summed E-state index contributed by atoms with van der Waals surface area (Å²) in [5.74, 6) is 0. The van der Waals surface area contributed by atoms with Gasteiger partial charge in [0, 0.05) is 23.8 Å². The lowest BCUT2D eigenvalue weighted by atomic mass is 9.92. The largest absolute Gasteiger partial charge is 0.387 e. The molecule has 0 aliphatic carbocycles. The summed E-state index contributed by atoms with van der Waals surface area (Å²) in [5, 5.41) is 6.61. The summed E-state index contributed by atoms with van der Waals surface area (Å²) in [6.07, 6.45) is 12.7. The number of rotatable bonds is 3. The zero-order valence-corrected chi connectivity index (χ0v) is 15.4. The van der Waals surface area contributed by atoms with Crippen molar-refractivity contribution >= 4 is 27.1 Å². The van der Waals surface area contributed by atoms with Crippen molar-refractivity contribution in [2.45, 2.75) is 0 Å². The van der Waals surface area contributed by atoms with Gasteiger partial charge < -0.3 is 10.6 Å². The van der Waals surface area contributed by atoms with Gasteiger partial charge in [0.05, 0.1) is 0 Å². The summed E-state index contributed by atoms with van der Waals surface area (Å²) >= 11 is 3.59. The third-order valence-corrected chi connectivity index (χ3v) is 4.88. The molecule has 2 N–H and O–H groups in total. The Kier molecular flexibility index (Phi) is 4.57. The lowest BCUT2D eigenvalue weighted by molar-refractivity contribution is 0.976. The second kappa shape index (κ2) is 7.16. The molecule has 3 heteroatoms. The first-order chi connectivity index (χ1) is 12.3. The Hall–Kier alpha value is -2.52. The Balaban J connectivity index is 1.85. The van der Waals surface area contributed by atoms with E-state index in [1.807, 2.05) is 6.20 Å². The van der Waals surface area contributed by atoms with Crippen LogP contribution in [-0.4, -0.2) is 13.1 Å². The third kappa shape index (κ3) is 3.62. The monoisotopic (exact) mass is 390 g/mol. The first-order valence-corrected chi connectivity index (χ1v) is 9.20. The molecule has 2 nitrogen and oxygen atoms in total. The molecule has 0 radical (unpaired) electrons. The predicted molar refractivity (Wildman–Crippen MR) is 110 cm³/mol. The smallest absolute Gasteiger partial charge is 0.0401 e. The van der Waals surface area contributed by atoms with Crippen LogP contribution in [0.25, 0.3) is 22.3 Å². The maximum atomic E-state index is 3.59. The number of benzene rings is 2. The Bertz CT molecular complexity index is 919. The van der Waals surface area contributed by atoms with Crippen LogP contribution in [0.15, 0.2) is 83.6 Å². The van der Waals surface area contributed by atoms with E-state index < -0.39 is 0 Å². The van der Waals surface area contributed by atoms with Crippen LogP contribution < -0.4 is 10.6 Å². The number of allylic oxidation sites excluding steroid dienone is 4. The molecule has 25 heavy (non-hydrogen) atoms. The summed E-state index contributed by atoms with van der Waals surface area (Å²) in [5.41, 5.74) is 7.43. The standard InChI is InChI=1S/C22H19BrN2/c23-22-7-1-4-16(13-22)19-10-20(17-5-2-8-24-14-17)12-21(11-19)18-6-3-9-25-15-18/h1-8,10-13,15,24-25H,9,14H2. The highest BCUT2D eigenvalue weighted by atomic mass is 79.9. The molecule has 0 unspecified atom stereocenters. The lowest BCUT2D eigenvalue weighted by Gasteiger charge is -2.16. The second-order valence-electron chi connectivity index (χ2n) is 6.15. The molecule has 0 bridgehead atoms. The zero-order chi connectivity index (χ0) is 17.1.